The number of H-pyrrole nitrogens is 1. The molecule has 0 aliphatic rings. The topological polar surface area (TPSA) is 92.0 Å². The minimum atomic E-state index is -1.07. The number of hydrogen-bond acceptors (Lipinski definition) is 3. The van der Waals surface area contributed by atoms with Crippen molar-refractivity contribution in [1.82, 2.24) is 9.97 Å². The Morgan fingerprint density at radius 3 is 2.58 bits per heavy atom. The number of carboxylic acid groups (broad SMARTS) is 1. The van der Waals surface area contributed by atoms with Crippen molar-refractivity contribution in [3.8, 4) is 0 Å². The van der Waals surface area contributed by atoms with Crippen LogP contribution in [0.5, 0.6) is 0 Å². The van der Waals surface area contributed by atoms with Crippen LogP contribution in [0.25, 0.3) is 0 Å². The fourth-order valence-electron chi connectivity index (χ4n) is 1.05. The average molecular weight is 169 g/mol. The number of nitrogens with two attached hydrogens (primary N) is 1. The van der Waals surface area contributed by atoms with Crippen molar-refractivity contribution < 1.29 is 9.90 Å². The van der Waals surface area contributed by atoms with Crippen molar-refractivity contribution in [3.63, 3.8) is 0 Å². The maximum Gasteiger partial charge on any atom is 0.326 e. The molecule has 5 heteroatoms. The lowest BCUT2D eigenvalue weighted by molar-refractivity contribution is -0.138. The second-order valence-electron chi connectivity index (χ2n) is 2.65. The molecular weight excluding hydrogens is 158 g/mol. The molecule has 0 saturated carbocycles. The van der Waals surface area contributed by atoms with Crippen LogP contribution >= 0.6 is 0 Å². The lowest BCUT2D eigenvalue weighted by Crippen LogP contribution is -2.21. The molecule has 0 radical (unpaired) electrons. The minimum Gasteiger partial charge on any atom is -0.480 e. The molecule has 5 nitrogen and oxygen atoms in total. The van der Waals surface area contributed by atoms with E-state index in [1.807, 2.05) is 0 Å². The number of carboxylic acids is 1. The first kappa shape index (κ1) is 8.73. The Morgan fingerprint density at radius 2 is 2.25 bits per heavy atom. The van der Waals surface area contributed by atoms with E-state index >= 15 is 0 Å². The van der Waals surface area contributed by atoms with Gasteiger partial charge in [0.1, 0.15) is 11.9 Å². The zero-order valence-corrected chi connectivity index (χ0v) is 6.96. The predicted octanol–water partition coefficient (Wildman–Crippen LogP) is 0.111. The van der Waals surface area contributed by atoms with Crippen LogP contribution in [-0.4, -0.2) is 21.0 Å². The van der Waals surface area contributed by atoms with Gasteiger partial charge in [0.15, 0.2) is 0 Å². The summed E-state index contributed by atoms with van der Waals surface area (Å²) >= 11 is 0. The van der Waals surface area contributed by atoms with Crippen molar-refractivity contribution in [2.24, 2.45) is 5.73 Å². The van der Waals surface area contributed by atoms with Crippen LogP contribution in [0.4, 0.5) is 0 Å². The van der Waals surface area contributed by atoms with E-state index in [1.165, 1.54) is 0 Å². The third-order valence-electron chi connectivity index (χ3n) is 1.60. The second kappa shape index (κ2) is 2.94. The summed E-state index contributed by atoms with van der Waals surface area (Å²) in [5, 5.41) is 8.59. The first-order valence-corrected chi connectivity index (χ1v) is 3.54. The van der Waals surface area contributed by atoms with Crippen LogP contribution in [0.15, 0.2) is 0 Å². The summed E-state index contributed by atoms with van der Waals surface area (Å²) < 4.78 is 0. The quantitative estimate of drug-likeness (QED) is 0.586. The molecule has 0 aliphatic carbocycles. The number of aliphatic carboxylic acids is 1. The number of aryl methyl sites for hydroxylation is 2. The molecule has 1 unspecified atom stereocenters. The van der Waals surface area contributed by atoms with Crippen LogP contribution in [0.3, 0.4) is 0 Å². The summed E-state index contributed by atoms with van der Waals surface area (Å²) in [6.45, 7) is 3.50. The standard InChI is InChI=1S/C7H11N3O2/c1-3-6(5(8)7(11)12)10-4(2)9-3/h5H,8H2,1-2H3,(H,9,10)(H,11,12). The van der Waals surface area contributed by atoms with E-state index in [0.717, 1.165) is 0 Å². The van der Waals surface area contributed by atoms with E-state index in [0.29, 0.717) is 17.2 Å². The van der Waals surface area contributed by atoms with Gasteiger partial charge in [-0.1, -0.05) is 0 Å². The van der Waals surface area contributed by atoms with Crippen molar-refractivity contribution >= 4 is 5.97 Å². The zero-order chi connectivity index (χ0) is 9.30. The molecule has 1 aromatic rings. The maximum atomic E-state index is 10.5. The highest BCUT2D eigenvalue weighted by Crippen LogP contribution is 2.12. The number of nitrogens with zero attached hydrogens (tertiary/aromatic N) is 1. The molecule has 0 aromatic carbocycles. The normalized spacial score (nSPS) is 12.9. The second-order valence-corrected chi connectivity index (χ2v) is 2.65. The number of rotatable bonds is 2. The van der Waals surface area contributed by atoms with Gasteiger partial charge in [-0.25, -0.2) is 4.98 Å². The number of carbonyl (C=O) groups is 1. The van der Waals surface area contributed by atoms with Crippen LogP contribution in [0.1, 0.15) is 23.3 Å². The van der Waals surface area contributed by atoms with Crippen molar-refractivity contribution in [2.45, 2.75) is 19.9 Å². The first-order chi connectivity index (χ1) is 5.52. The average Bonchev–Trinajstić information content (AvgIpc) is 2.28. The Balaban J connectivity index is 3.02. The van der Waals surface area contributed by atoms with Gasteiger partial charge in [0.05, 0.1) is 5.69 Å². The van der Waals surface area contributed by atoms with Crippen molar-refractivity contribution in [2.75, 3.05) is 0 Å². The molecule has 0 aliphatic heterocycles. The summed E-state index contributed by atoms with van der Waals surface area (Å²) in [7, 11) is 0. The Kier molecular flexibility index (Phi) is 2.14. The van der Waals surface area contributed by atoms with Crippen LogP contribution in [0, 0.1) is 13.8 Å². The molecule has 0 fully saturated rings. The molecule has 4 N–H and O–H groups in total. The van der Waals surface area contributed by atoms with E-state index in [9.17, 15) is 4.79 Å². The third kappa shape index (κ3) is 1.45. The van der Waals surface area contributed by atoms with E-state index in [1.54, 1.807) is 13.8 Å². The highest BCUT2D eigenvalue weighted by molar-refractivity contribution is 5.74. The van der Waals surface area contributed by atoms with E-state index in [4.69, 9.17) is 10.8 Å². The highest BCUT2D eigenvalue weighted by atomic mass is 16.4. The van der Waals surface area contributed by atoms with E-state index in [-0.39, 0.29) is 0 Å². The van der Waals surface area contributed by atoms with E-state index < -0.39 is 12.0 Å². The third-order valence-corrected chi connectivity index (χ3v) is 1.60. The number of aromatic amines is 1. The van der Waals surface area contributed by atoms with Crippen LogP contribution in [0.2, 0.25) is 0 Å². The molecule has 1 atom stereocenters. The van der Waals surface area contributed by atoms with Crippen LogP contribution < -0.4 is 5.73 Å². The van der Waals surface area contributed by atoms with Gasteiger partial charge in [0.25, 0.3) is 0 Å². The summed E-state index contributed by atoms with van der Waals surface area (Å²) in [5.41, 5.74) is 6.48. The molecule has 0 bridgehead atoms. The first-order valence-electron chi connectivity index (χ1n) is 3.54. The Morgan fingerprint density at radius 1 is 1.67 bits per heavy atom. The number of aromatic nitrogens is 2. The van der Waals surface area contributed by atoms with Gasteiger partial charge in [0.2, 0.25) is 0 Å². The fourth-order valence-corrected chi connectivity index (χ4v) is 1.05. The molecule has 1 rings (SSSR count). The maximum absolute atomic E-state index is 10.5. The number of hydrogen-bond donors (Lipinski definition) is 3. The van der Waals surface area contributed by atoms with Gasteiger partial charge >= 0.3 is 5.97 Å². The van der Waals surface area contributed by atoms with Crippen molar-refractivity contribution in [1.29, 1.82) is 0 Å². The lowest BCUT2D eigenvalue weighted by Gasteiger charge is -2.02. The molecular formula is C7H11N3O2. The summed E-state index contributed by atoms with van der Waals surface area (Å²) in [6, 6.07) is -1.03. The van der Waals surface area contributed by atoms with Gasteiger partial charge in [-0.05, 0) is 13.8 Å². The van der Waals surface area contributed by atoms with Crippen molar-refractivity contribution in [3.05, 3.63) is 17.2 Å². The SMILES string of the molecule is Cc1nc(C(N)C(=O)O)c(C)[nH]1. The predicted molar refractivity (Wildman–Crippen MR) is 42.6 cm³/mol. The Bertz CT molecular complexity index is 306. The number of imidazole rings is 1. The monoisotopic (exact) mass is 169 g/mol. The summed E-state index contributed by atoms with van der Waals surface area (Å²) in [4.78, 5) is 17.3. The summed E-state index contributed by atoms with van der Waals surface area (Å²) in [5.74, 6) is -0.385. The van der Waals surface area contributed by atoms with Gasteiger partial charge in [0, 0.05) is 5.69 Å². The van der Waals surface area contributed by atoms with Gasteiger partial charge < -0.3 is 15.8 Å². The molecule has 66 valence electrons. The van der Waals surface area contributed by atoms with Gasteiger partial charge in [-0.3, -0.25) is 4.79 Å². The van der Waals surface area contributed by atoms with Crippen LogP contribution in [-0.2, 0) is 4.79 Å². The molecule has 0 saturated heterocycles. The summed E-state index contributed by atoms with van der Waals surface area (Å²) in [6.07, 6.45) is 0. The molecule has 12 heavy (non-hydrogen) atoms. The lowest BCUT2D eigenvalue weighted by atomic mass is 10.2. The molecule has 1 aromatic heterocycles. The Labute approximate surface area is 69.6 Å². The minimum absolute atomic E-state index is 0.403. The zero-order valence-electron chi connectivity index (χ0n) is 6.96. The smallest absolute Gasteiger partial charge is 0.326 e. The Hall–Kier alpha value is -1.36. The van der Waals surface area contributed by atoms with Gasteiger partial charge in [-0.15, -0.1) is 0 Å². The largest absolute Gasteiger partial charge is 0.480 e. The number of nitrogens with one attached hydrogen (secondary N) is 1. The highest BCUT2D eigenvalue weighted by Gasteiger charge is 2.19. The van der Waals surface area contributed by atoms with E-state index in [2.05, 4.69) is 9.97 Å². The molecule has 0 amide bonds. The fraction of sp³-hybridized carbons (Fsp3) is 0.429. The van der Waals surface area contributed by atoms with Gasteiger partial charge in [-0.2, -0.15) is 0 Å². The molecule has 1 heterocycles. The molecule has 0 spiro atoms.